The molecule has 0 fully saturated rings. The van der Waals surface area contributed by atoms with Gasteiger partial charge in [0, 0.05) is 11.3 Å². The maximum absolute atomic E-state index is 10.4. The van der Waals surface area contributed by atoms with Crippen molar-refractivity contribution in [3.63, 3.8) is 0 Å². The van der Waals surface area contributed by atoms with Crippen LogP contribution in [-0.2, 0) is 11.3 Å². The van der Waals surface area contributed by atoms with E-state index < -0.39 is 19.5 Å². The van der Waals surface area contributed by atoms with Crippen LogP contribution in [0, 0.1) is 0 Å². The van der Waals surface area contributed by atoms with E-state index in [9.17, 15) is 8.76 Å². The van der Waals surface area contributed by atoms with Crippen LogP contribution in [0.5, 0.6) is 0 Å². The number of rotatable bonds is 2. The third-order valence-electron chi connectivity index (χ3n) is 2.21. The molecule has 0 spiro atoms. The van der Waals surface area contributed by atoms with Gasteiger partial charge in [-0.3, -0.25) is 8.60 Å². The monoisotopic (exact) mass is 194 g/mol. The zero-order valence-corrected chi connectivity index (χ0v) is 9.54. The van der Waals surface area contributed by atoms with Gasteiger partial charge in [0.25, 0.3) is 0 Å². The lowest BCUT2D eigenvalue weighted by molar-refractivity contribution is 0.531. The standard InChI is InChI=1S/C6H17NO2SSi/c1-6(2,3)11(4,5)7-10(8)9/h7H,1-5H3,(H,8,9)/p-1. The van der Waals surface area contributed by atoms with E-state index >= 15 is 0 Å². The predicted molar refractivity (Wildman–Crippen MR) is 49.3 cm³/mol. The van der Waals surface area contributed by atoms with Crippen molar-refractivity contribution in [1.82, 2.24) is 4.39 Å². The fourth-order valence-electron chi connectivity index (χ4n) is 0.361. The van der Waals surface area contributed by atoms with Gasteiger partial charge in [-0.25, -0.2) is 0 Å². The summed E-state index contributed by atoms with van der Waals surface area (Å²) in [4.78, 5) is 0. The minimum absolute atomic E-state index is 0.0626. The van der Waals surface area contributed by atoms with Crippen molar-refractivity contribution < 1.29 is 8.76 Å². The Morgan fingerprint density at radius 3 is 1.82 bits per heavy atom. The van der Waals surface area contributed by atoms with Crippen LogP contribution < -0.4 is 4.39 Å². The van der Waals surface area contributed by atoms with E-state index in [0.717, 1.165) is 0 Å². The molecule has 0 rings (SSSR count). The second-order valence-electron chi connectivity index (χ2n) is 4.21. The third-order valence-corrected chi connectivity index (χ3v) is 8.67. The minimum atomic E-state index is -2.12. The molecule has 1 unspecified atom stereocenters. The van der Waals surface area contributed by atoms with Gasteiger partial charge in [0.1, 0.15) is 8.24 Å². The van der Waals surface area contributed by atoms with Crippen molar-refractivity contribution >= 4 is 19.5 Å². The van der Waals surface area contributed by atoms with Crippen molar-refractivity contribution in [3.05, 3.63) is 0 Å². The van der Waals surface area contributed by atoms with Gasteiger partial charge in [0.15, 0.2) is 0 Å². The zero-order chi connectivity index (χ0) is 9.28. The van der Waals surface area contributed by atoms with Gasteiger partial charge in [-0.1, -0.05) is 33.9 Å². The predicted octanol–water partition coefficient (Wildman–Crippen LogP) is 1.38. The summed E-state index contributed by atoms with van der Waals surface area (Å²) >= 11 is -2.12. The van der Waals surface area contributed by atoms with Crippen LogP contribution in [0.25, 0.3) is 0 Å². The van der Waals surface area contributed by atoms with Gasteiger partial charge in [0.05, 0.1) is 0 Å². The SMILES string of the molecule is CC(C)(C)[Si](C)(C)NS(=O)[O-]. The Hall–Kier alpha value is 0.287. The highest BCUT2D eigenvalue weighted by atomic mass is 32.2. The molecule has 0 aliphatic heterocycles. The highest BCUT2D eigenvalue weighted by Gasteiger charge is 2.35. The van der Waals surface area contributed by atoms with Crippen LogP contribution in [-0.4, -0.2) is 17.0 Å². The number of hydrogen-bond donors (Lipinski definition) is 1. The largest absolute Gasteiger partial charge is 0.760 e. The van der Waals surface area contributed by atoms with Crippen LogP contribution in [0.15, 0.2) is 0 Å². The normalized spacial score (nSPS) is 16.5. The van der Waals surface area contributed by atoms with Crippen molar-refractivity contribution in [2.45, 2.75) is 38.9 Å². The molecule has 0 aliphatic rings. The quantitative estimate of drug-likeness (QED) is 0.533. The van der Waals surface area contributed by atoms with Gasteiger partial charge >= 0.3 is 0 Å². The molecule has 3 nitrogen and oxygen atoms in total. The van der Waals surface area contributed by atoms with Crippen molar-refractivity contribution in [3.8, 4) is 0 Å². The van der Waals surface area contributed by atoms with E-state index in [4.69, 9.17) is 0 Å². The smallest absolute Gasteiger partial charge is 0.137 e. The van der Waals surface area contributed by atoms with Crippen LogP contribution in [0.1, 0.15) is 20.8 Å². The molecule has 1 N–H and O–H groups in total. The summed E-state index contributed by atoms with van der Waals surface area (Å²) in [5.41, 5.74) is 0. The first-order valence-electron chi connectivity index (χ1n) is 3.54. The molecule has 0 bridgehead atoms. The lowest BCUT2D eigenvalue weighted by Gasteiger charge is -2.37. The topological polar surface area (TPSA) is 52.2 Å². The Kier molecular flexibility index (Phi) is 3.43. The lowest BCUT2D eigenvalue weighted by Crippen LogP contribution is -2.52. The lowest BCUT2D eigenvalue weighted by atomic mass is 10.2. The Labute approximate surface area is 72.1 Å². The number of hydrogen-bond acceptors (Lipinski definition) is 2. The van der Waals surface area contributed by atoms with Gasteiger partial charge in [0.2, 0.25) is 0 Å². The molecule has 0 radical (unpaired) electrons. The maximum atomic E-state index is 10.4. The Morgan fingerprint density at radius 2 is 1.73 bits per heavy atom. The highest BCUT2D eigenvalue weighted by Crippen LogP contribution is 2.33. The first-order valence-corrected chi connectivity index (χ1v) is 7.61. The molecule has 0 aliphatic carbocycles. The molecule has 0 heterocycles. The summed E-state index contributed by atoms with van der Waals surface area (Å²) in [6.07, 6.45) is 0. The Morgan fingerprint density at radius 1 is 1.36 bits per heavy atom. The van der Waals surface area contributed by atoms with E-state index in [1.165, 1.54) is 0 Å². The molecule has 0 saturated heterocycles. The molecule has 0 amide bonds. The molecule has 0 aromatic carbocycles. The van der Waals surface area contributed by atoms with E-state index in [2.05, 4.69) is 25.2 Å². The van der Waals surface area contributed by atoms with Crippen molar-refractivity contribution in [2.75, 3.05) is 0 Å². The van der Waals surface area contributed by atoms with Gasteiger partial charge < -0.3 is 4.55 Å². The average molecular weight is 194 g/mol. The zero-order valence-electron chi connectivity index (χ0n) is 7.72. The van der Waals surface area contributed by atoms with Gasteiger partial charge in [-0.2, -0.15) is 0 Å². The average Bonchev–Trinajstić information content (AvgIpc) is 1.56. The van der Waals surface area contributed by atoms with Gasteiger partial charge in [-0.15, -0.1) is 0 Å². The summed E-state index contributed by atoms with van der Waals surface area (Å²) in [5, 5.41) is 0.0626. The molecule has 5 heteroatoms. The van der Waals surface area contributed by atoms with Crippen LogP contribution >= 0.6 is 0 Å². The molecule has 11 heavy (non-hydrogen) atoms. The molecular formula is C6H16NO2SSi-. The van der Waals surface area contributed by atoms with Crippen LogP contribution in [0.3, 0.4) is 0 Å². The van der Waals surface area contributed by atoms with Crippen molar-refractivity contribution in [2.24, 2.45) is 0 Å². The molecule has 0 aromatic rings. The van der Waals surface area contributed by atoms with E-state index in [1.807, 2.05) is 13.1 Å². The van der Waals surface area contributed by atoms with Crippen LogP contribution in [0.4, 0.5) is 0 Å². The first-order chi connectivity index (χ1) is 4.67. The summed E-state index contributed by atoms with van der Waals surface area (Å²) < 4.78 is 23.4. The number of nitrogens with one attached hydrogen (secondary N) is 1. The molecule has 0 aromatic heterocycles. The van der Waals surface area contributed by atoms with E-state index in [1.54, 1.807) is 0 Å². The summed E-state index contributed by atoms with van der Waals surface area (Å²) in [6, 6.07) is 0. The minimum Gasteiger partial charge on any atom is -0.760 e. The Balaban J connectivity index is 4.34. The Bertz CT molecular complexity index is 164. The molecular weight excluding hydrogens is 178 g/mol. The van der Waals surface area contributed by atoms with Crippen molar-refractivity contribution in [1.29, 1.82) is 0 Å². The molecule has 68 valence electrons. The van der Waals surface area contributed by atoms with E-state index in [0.29, 0.717) is 0 Å². The summed E-state index contributed by atoms with van der Waals surface area (Å²) in [5.74, 6) is 0. The van der Waals surface area contributed by atoms with Gasteiger partial charge in [-0.05, 0) is 5.04 Å². The fraction of sp³-hybridized carbons (Fsp3) is 1.00. The molecule has 0 saturated carbocycles. The van der Waals surface area contributed by atoms with Crippen LogP contribution in [0.2, 0.25) is 18.1 Å². The summed E-state index contributed by atoms with van der Waals surface area (Å²) in [7, 11) is -1.83. The highest BCUT2D eigenvalue weighted by molar-refractivity contribution is 7.78. The van der Waals surface area contributed by atoms with E-state index in [-0.39, 0.29) is 5.04 Å². The third kappa shape index (κ3) is 3.46. The second-order valence-corrected chi connectivity index (χ2v) is 10.2. The summed E-state index contributed by atoms with van der Waals surface area (Å²) in [6.45, 7) is 10.2. The molecule has 1 atom stereocenters. The fourth-order valence-corrected chi connectivity index (χ4v) is 3.25. The second kappa shape index (κ2) is 3.34. The first kappa shape index (κ1) is 11.3. The maximum Gasteiger partial charge on any atom is 0.137 e.